The average molecular weight is 308 g/mol. The third-order valence-electron chi connectivity index (χ3n) is 3.23. The monoisotopic (exact) mass is 308 g/mol. The number of rotatable bonds is 5. The van der Waals surface area contributed by atoms with Crippen LogP contribution in [0.3, 0.4) is 0 Å². The van der Waals surface area contributed by atoms with E-state index in [4.69, 9.17) is 4.74 Å². The Bertz CT molecular complexity index is 600. The highest BCUT2D eigenvalue weighted by Crippen LogP contribution is 2.31. The van der Waals surface area contributed by atoms with E-state index in [0.29, 0.717) is 5.92 Å². The van der Waals surface area contributed by atoms with Crippen LogP contribution in [-0.4, -0.2) is 0 Å². The molecule has 2 rings (SSSR count). The number of halogens is 3. The van der Waals surface area contributed by atoms with Gasteiger partial charge in [-0.3, -0.25) is 0 Å². The second kappa shape index (κ2) is 6.86. The maximum absolute atomic E-state index is 12.6. The number of hydrogen-bond acceptors (Lipinski definition) is 1. The lowest BCUT2D eigenvalue weighted by atomic mass is 10.0. The van der Waals surface area contributed by atoms with Crippen molar-refractivity contribution in [2.45, 2.75) is 33.1 Å². The van der Waals surface area contributed by atoms with E-state index in [1.165, 1.54) is 17.7 Å². The Morgan fingerprint density at radius 3 is 2.18 bits per heavy atom. The van der Waals surface area contributed by atoms with E-state index in [1.807, 2.05) is 24.3 Å². The third-order valence-corrected chi connectivity index (χ3v) is 3.23. The van der Waals surface area contributed by atoms with Crippen molar-refractivity contribution in [2.24, 2.45) is 5.92 Å². The quantitative estimate of drug-likeness (QED) is 0.710. The van der Waals surface area contributed by atoms with E-state index in [0.717, 1.165) is 24.1 Å². The average Bonchev–Trinajstić information content (AvgIpc) is 2.45. The van der Waals surface area contributed by atoms with Crippen molar-refractivity contribution in [3.05, 3.63) is 65.2 Å². The molecule has 118 valence electrons. The minimum Gasteiger partial charge on any atom is -0.489 e. The summed E-state index contributed by atoms with van der Waals surface area (Å²) in [6.45, 7) is 4.57. The van der Waals surface area contributed by atoms with Gasteiger partial charge in [-0.1, -0.05) is 44.2 Å². The number of benzene rings is 2. The fraction of sp³-hybridized carbons (Fsp3) is 0.333. The van der Waals surface area contributed by atoms with E-state index in [2.05, 4.69) is 13.8 Å². The topological polar surface area (TPSA) is 9.23 Å². The van der Waals surface area contributed by atoms with Crippen LogP contribution in [0.4, 0.5) is 13.2 Å². The Morgan fingerprint density at radius 1 is 0.955 bits per heavy atom. The molecule has 0 aliphatic rings. The molecule has 0 saturated heterocycles. The molecule has 0 N–H and O–H groups in total. The van der Waals surface area contributed by atoms with Gasteiger partial charge in [0.25, 0.3) is 0 Å². The van der Waals surface area contributed by atoms with Crippen LogP contribution >= 0.6 is 0 Å². The second-order valence-electron chi connectivity index (χ2n) is 5.73. The summed E-state index contributed by atoms with van der Waals surface area (Å²) >= 11 is 0. The first-order chi connectivity index (χ1) is 10.3. The largest absolute Gasteiger partial charge is 0.489 e. The van der Waals surface area contributed by atoms with Gasteiger partial charge in [-0.15, -0.1) is 0 Å². The van der Waals surface area contributed by atoms with Crippen molar-refractivity contribution in [3.8, 4) is 5.75 Å². The summed E-state index contributed by atoms with van der Waals surface area (Å²) in [5, 5.41) is 0. The highest BCUT2D eigenvalue weighted by Gasteiger charge is 2.30. The van der Waals surface area contributed by atoms with Gasteiger partial charge >= 0.3 is 6.18 Å². The van der Waals surface area contributed by atoms with Gasteiger partial charge in [0.05, 0.1) is 5.56 Å². The molecule has 1 nitrogen and oxygen atoms in total. The van der Waals surface area contributed by atoms with Crippen LogP contribution in [0.5, 0.6) is 5.75 Å². The number of ether oxygens (including phenoxy) is 1. The molecule has 0 aliphatic carbocycles. The molecule has 0 aliphatic heterocycles. The summed E-state index contributed by atoms with van der Waals surface area (Å²) in [4.78, 5) is 0. The van der Waals surface area contributed by atoms with Crippen molar-refractivity contribution in [3.63, 3.8) is 0 Å². The van der Waals surface area contributed by atoms with Crippen molar-refractivity contribution < 1.29 is 17.9 Å². The van der Waals surface area contributed by atoms with Gasteiger partial charge < -0.3 is 4.74 Å². The lowest BCUT2D eigenvalue weighted by molar-refractivity contribution is -0.137. The van der Waals surface area contributed by atoms with E-state index in [-0.39, 0.29) is 12.4 Å². The second-order valence-corrected chi connectivity index (χ2v) is 5.73. The molecule has 2 aromatic carbocycles. The standard InChI is InChI=1S/C18H19F3O/c1-13(2)10-14-6-8-15(9-7-14)12-22-17-5-3-4-16(11-17)18(19,20)21/h3-9,11,13H,10,12H2,1-2H3. The summed E-state index contributed by atoms with van der Waals surface area (Å²) in [5.41, 5.74) is 1.49. The van der Waals surface area contributed by atoms with Crippen LogP contribution in [0, 0.1) is 5.92 Å². The smallest absolute Gasteiger partial charge is 0.416 e. The highest BCUT2D eigenvalue weighted by atomic mass is 19.4. The molecule has 0 radical (unpaired) electrons. The summed E-state index contributed by atoms with van der Waals surface area (Å²) in [6, 6.07) is 12.9. The third kappa shape index (κ3) is 4.79. The Balaban J connectivity index is 1.98. The van der Waals surface area contributed by atoms with Gasteiger partial charge in [-0.25, -0.2) is 0 Å². The van der Waals surface area contributed by atoms with Crippen LogP contribution in [0.15, 0.2) is 48.5 Å². The fourth-order valence-electron chi connectivity index (χ4n) is 2.17. The maximum atomic E-state index is 12.6. The molecule has 0 unspecified atom stereocenters. The van der Waals surface area contributed by atoms with Gasteiger partial charge in [0.1, 0.15) is 12.4 Å². The molecule has 0 spiro atoms. The molecule has 0 heterocycles. The Hall–Kier alpha value is -1.97. The van der Waals surface area contributed by atoms with E-state index >= 15 is 0 Å². The normalized spacial score (nSPS) is 11.7. The highest BCUT2D eigenvalue weighted by molar-refractivity contribution is 5.31. The molecule has 2 aromatic rings. The first-order valence-corrected chi connectivity index (χ1v) is 7.22. The lowest BCUT2D eigenvalue weighted by Gasteiger charge is -2.11. The van der Waals surface area contributed by atoms with Crippen molar-refractivity contribution in [1.29, 1.82) is 0 Å². The van der Waals surface area contributed by atoms with Crippen LogP contribution in [0.2, 0.25) is 0 Å². The minimum atomic E-state index is -4.35. The Labute approximate surface area is 128 Å². The molecular weight excluding hydrogens is 289 g/mol. The molecule has 0 saturated carbocycles. The Morgan fingerprint density at radius 2 is 1.59 bits per heavy atom. The predicted octanol–water partition coefficient (Wildman–Crippen LogP) is 5.48. The predicted molar refractivity (Wildman–Crippen MR) is 80.8 cm³/mol. The first-order valence-electron chi connectivity index (χ1n) is 7.22. The zero-order valence-electron chi connectivity index (χ0n) is 12.7. The van der Waals surface area contributed by atoms with Gasteiger partial charge in [-0.05, 0) is 41.7 Å². The van der Waals surface area contributed by atoms with Gasteiger partial charge in [-0.2, -0.15) is 13.2 Å². The number of alkyl halides is 3. The summed E-state index contributed by atoms with van der Waals surface area (Å²) in [7, 11) is 0. The van der Waals surface area contributed by atoms with Crippen LogP contribution in [0.25, 0.3) is 0 Å². The molecule has 0 atom stereocenters. The van der Waals surface area contributed by atoms with Gasteiger partial charge in [0.2, 0.25) is 0 Å². The molecule has 0 aromatic heterocycles. The van der Waals surface area contributed by atoms with Crippen molar-refractivity contribution in [1.82, 2.24) is 0 Å². The van der Waals surface area contributed by atoms with Gasteiger partial charge in [0.15, 0.2) is 0 Å². The zero-order valence-corrected chi connectivity index (χ0v) is 12.7. The number of hydrogen-bond donors (Lipinski definition) is 0. The molecular formula is C18H19F3O. The lowest BCUT2D eigenvalue weighted by Crippen LogP contribution is -2.05. The molecule has 0 fully saturated rings. The van der Waals surface area contributed by atoms with Crippen LogP contribution in [-0.2, 0) is 19.2 Å². The fourth-order valence-corrected chi connectivity index (χ4v) is 2.17. The van der Waals surface area contributed by atoms with E-state index in [9.17, 15) is 13.2 Å². The molecule has 0 bridgehead atoms. The van der Waals surface area contributed by atoms with Crippen molar-refractivity contribution >= 4 is 0 Å². The van der Waals surface area contributed by atoms with Crippen molar-refractivity contribution in [2.75, 3.05) is 0 Å². The first kappa shape index (κ1) is 16.4. The Kier molecular flexibility index (Phi) is 5.11. The van der Waals surface area contributed by atoms with Gasteiger partial charge in [0, 0.05) is 0 Å². The summed E-state index contributed by atoms with van der Waals surface area (Å²) < 4.78 is 43.3. The van der Waals surface area contributed by atoms with Crippen LogP contribution < -0.4 is 4.74 Å². The zero-order chi connectivity index (χ0) is 16.2. The maximum Gasteiger partial charge on any atom is 0.416 e. The molecule has 4 heteroatoms. The molecule has 0 amide bonds. The van der Waals surface area contributed by atoms with E-state index in [1.54, 1.807) is 0 Å². The SMILES string of the molecule is CC(C)Cc1ccc(COc2cccc(C(F)(F)F)c2)cc1. The minimum absolute atomic E-state index is 0.223. The summed E-state index contributed by atoms with van der Waals surface area (Å²) in [5.74, 6) is 0.813. The van der Waals surface area contributed by atoms with E-state index < -0.39 is 11.7 Å². The van der Waals surface area contributed by atoms with Crippen LogP contribution in [0.1, 0.15) is 30.5 Å². The summed E-state index contributed by atoms with van der Waals surface area (Å²) in [6.07, 6.45) is -3.34. The molecule has 22 heavy (non-hydrogen) atoms.